The van der Waals surface area contributed by atoms with Gasteiger partial charge in [0.25, 0.3) is 0 Å². The minimum atomic E-state index is -5.08. The summed E-state index contributed by atoms with van der Waals surface area (Å²) in [5.41, 5.74) is 0. The Balaban J connectivity index is 0.000000277. The van der Waals surface area contributed by atoms with Crippen molar-refractivity contribution in [1.82, 2.24) is 15.0 Å². The number of halogens is 3. The summed E-state index contributed by atoms with van der Waals surface area (Å²) < 4.78 is 42.9. The molecule has 10 heteroatoms. The summed E-state index contributed by atoms with van der Waals surface area (Å²) in [6.07, 6.45) is -2.59. The number of carbonyl (C=O) groups is 1. The lowest BCUT2D eigenvalue weighted by molar-refractivity contribution is -0.192. The number of aryl methyl sites for hydroxylation is 1. The molecule has 7 nitrogen and oxygen atoms in total. The first kappa shape index (κ1) is 19.6. The number of carboxylic acids is 1. The number of piperidine rings is 1. The third kappa shape index (κ3) is 4.91. The van der Waals surface area contributed by atoms with Gasteiger partial charge in [-0.15, -0.1) is 0 Å². The molecule has 0 aliphatic carbocycles. The monoisotopic (exact) mass is 365 g/mol. The second kappa shape index (κ2) is 7.69. The molecule has 0 aromatic carbocycles. The quantitative estimate of drug-likeness (QED) is 0.861. The average Bonchev–Trinajstić information content (AvgIpc) is 3.13. The summed E-state index contributed by atoms with van der Waals surface area (Å²) in [4.78, 5) is 15.8. The van der Waals surface area contributed by atoms with Gasteiger partial charge < -0.3 is 14.4 Å². The van der Waals surface area contributed by atoms with Crippen LogP contribution in [0.1, 0.15) is 44.3 Å². The maximum atomic E-state index is 10.6. The van der Waals surface area contributed by atoms with Crippen LogP contribution in [0.5, 0.6) is 0 Å². The van der Waals surface area contributed by atoms with E-state index >= 15 is 0 Å². The lowest BCUT2D eigenvalue weighted by atomic mass is 9.89. The molecule has 3 heterocycles. The molecule has 1 N–H and O–H groups in total. The summed E-state index contributed by atoms with van der Waals surface area (Å²) in [5, 5.41) is 11.0. The summed E-state index contributed by atoms with van der Waals surface area (Å²) >= 11 is 0. The number of fused-ring (bicyclic) bond motifs is 1. The van der Waals surface area contributed by atoms with Crippen LogP contribution in [0.15, 0.2) is 4.52 Å². The van der Waals surface area contributed by atoms with E-state index < -0.39 is 12.1 Å². The molecule has 0 spiro atoms. The summed E-state index contributed by atoms with van der Waals surface area (Å²) in [7, 11) is 0. The lowest BCUT2D eigenvalue weighted by Crippen LogP contribution is -2.51. The predicted octanol–water partition coefficient (Wildman–Crippen LogP) is 2.37. The zero-order chi connectivity index (χ0) is 18.8. The fraction of sp³-hybridized carbons (Fsp3) is 0.800. The van der Waals surface area contributed by atoms with E-state index in [1.807, 2.05) is 6.92 Å². The van der Waals surface area contributed by atoms with Gasteiger partial charge in [-0.05, 0) is 33.6 Å². The van der Waals surface area contributed by atoms with Crippen LogP contribution >= 0.6 is 0 Å². The second-order valence-electron chi connectivity index (χ2n) is 6.47. The molecule has 2 aliphatic rings. The van der Waals surface area contributed by atoms with Crippen molar-refractivity contribution < 1.29 is 32.3 Å². The molecule has 0 radical (unpaired) electrons. The molecular weight excluding hydrogens is 343 g/mol. The van der Waals surface area contributed by atoms with Crippen LogP contribution in [0.25, 0.3) is 0 Å². The molecule has 1 aromatic rings. The number of ether oxygens (including phenoxy) is 1. The number of rotatable bonds is 2. The molecule has 3 atom stereocenters. The van der Waals surface area contributed by atoms with Crippen molar-refractivity contribution in [3.63, 3.8) is 0 Å². The summed E-state index contributed by atoms with van der Waals surface area (Å²) in [6, 6.07) is 1.11. The topological polar surface area (TPSA) is 88.7 Å². The van der Waals surface area contributed by atoms with E-state index in [-0.39, 0.29) is 0 Å². The van der Waals surface area contributed by atoms with Crippen molar-refractivity contribution in [1.29, 1.82) is 0 Å². The van der Waals surface area contributed by atoms with E-state index in [1.165, 1.54) is 0 Å². The SMILES string of the molecule is Cc1noc([C@@H]2C[C@H]3OCC[C@H]3N(C(C)C)C2)n1.O=C(O)C(F)(F)F. The first-order valence-electron chi connectivity index (χ1n) is 8.07. The van der Waals surface area contributed by atoms with Crippen LogP contribution in [0.4, 0.5) is 13.2 Å². The fourth-order valence-electron chi connectivity index (χ4n) is 3.24. The Morgan fingerprint density at radius 1 is 1.40 bits per heavy atom. The maximum Gasteiger partial charge on any atom is 0.490 e. The van der Waals surface area contributed by atoms with Gasteiger partial charge in [0.2, 0.25) is 5.89 Å². The van der Waals surface area contributed by atoms with Crippen molar-refractivity contribution in [3.8, 4) is 0 Å². The van der Waals surface area contributed by atoms with Gasteiger partial charge in [0.1, 0.15) is 0 Å². The first-order chi connectivity index (χ1) is 11.6. The molecule has 142 valence electrons. The standard InChI is InChI=1S/C13H21N3O2.C2HF3O2/c1-8(2)16-7-10(13-14-9(3)15-18-13)6-12-11(16)4-5-17-12;3-2(4,5)1(6)7/h8,10-12H,4-7H2,1-3H3;(H,6,7)/t10-,11-,12-;/m1./s1. The Morgan fingerprint density at radius 3 is 2.52 bits per heavy atom. The molecule has 1 aromatic heterocycles. The zero-order valence-electron chi connectivity index (χ0n) is 14.3. The Hall–Kier alpha value is -1.68. The number of hydrogen-bond acceptors (Lipinski definition) is 6. The fourth-order valence-corrected chi connectivity index (χ4v) is 3.24. The number of likely N-dealkylation sites (tertiary alicyclic amines) is 1. The normalized spacial score (nSPS) is 26.9. The molecule has 2 fully saturated rings. The maximum absolute atomic E-state index is 10.6. The van der Waals surface area contributed by atoms with Gasteiger partial charge in [0.15, 0.2) is 5.82 Å². The van der Waals surface area contributed by atoms with E-state index in [1.54, 1.807) is 0 Å². The number of aliphatic carboxylic acids is 1. The van der Waals surface area contributed by atoms with Gasteiger partial charge in [-0.2, -0.15) is 18.2 Å². The summed E-state index contributed by atoms with van der Waals surface area (Å²) in [6.45, 7) is 8.25. The van der Waals surface area contributed by atoms with E-state index in [0.717, 1.165) is 37.7 Å². The van der Waals surface area contributed by atoms with E-state index in [0.29, 0.717) is 24.1 Å². The molecule has 0 amide bonds. The van der Waals surface area contributed by atoms with Crippen molar-refractivity contribution >= 4 is 5.97 Å². The Morgan fingerprint density at radius 2 is 2.04 bits per heavy atom. The number of alkyl halides is 3. The summed E-state index contributed by atoms with van der Waals surface area (Å²) in [5.74, 6) is -0.955. The van der Waals surface area contributed by atoms with Gasteiger partial charge >= 0.3 is 12.1 Å². The van der Waals surface area contributed by atoms with Crippen LogP contribution < -0.4 is 0 Å². The van der Waals surface area contributed by atoms with Crippen LogP contribution in [-0.2, 0) is 9.53 Å². The van der Waals surface area contributed by atoms with Crippen molar-refractivity contribution in [3.05, 3.63) is 11.7 Å². The number of carboxylic acid groups (broad SMARTS) is 1. The molecular formula is C15H22F3N3O4. The van der Waals surface area contributed by atoms with E-state index in [9.17, 15) is 13.2 Å². The predicted molar refractivity (Wildman–Crippen MR) is 80.1 cm³/mol. The molecule has 0 unspecified atom stereocenters. The van der Waals surface area contributed by atoms with Crippen molar-refractivity contribution in [2.24, 2.45) is 0 Å². The van der Waals surface area contributed by atoms with Crippen LogP contribution in [-0.4, -0.2) is 63.6 Å². The molecule has 3 rings (SSSR count). The third-order valence-corrected chi connectivity index (χ3v) is 4.35. The van der Waals surface area contributed by atoms with E-state index in [4.69, 9.17) is 19.2 Å². The largest absolute Gasteiger partial charge is 0.490 e. The molecule has 25 heavy (non-hydrogen) atoms. The van der Waals surface area contributed by atoms with Gasteiger partial charge in [0, 0.05) is 25.2 Å². The van der Waals surface area contributed by atoms with Crippen molar-refractivity contribution in [2.75, 3.05) is 13.2 Å². The molecule has 0 bridgehead atoms. The highest BCUT2D eigenvalue weighted by Crippen LogP contribution is 2.36. The van der Waals surface area contributed by atoms with Gasteiger partial charge in [-0.1, -0.05) is 5.16 Å². The minimum Gasteiger partial charge on any atom is -0.475 e. The Labute approximate surface area is 143 Å². The van der Waals surface area contributed by atoms with Gasteiger partial charge in [-0.25, -0.2) is 4.79 Å². The highest BCUT2D eigenvalue weighted by molar-refractivity contribution is 5.73. The number of aromatic nitrogens is 2. The lowest BCUT2D eigenvalue weighted by Gasteiger charge is -2.42. The third-order valence-electron chi connectivity index (χ3n) is 4.35. The molecule has 2 saturated heterocycles. The average molecular weight is 365 g/mol. The van der Waals surface area contributed by atoms with E-state index in [2.05, 4.69) is 28.9 Å². The Bertz CT molecular complexity index is 591. The van der Waals surface area contributed by atoms with Crippen molar-refractivity contribution in [2.45, 2.75) is 63.9 Å². The zero-order valence-corrected chi connectivity index (χ0v) is 14.3. The molecule has 2 aliphatic heterocycles. The molecule has 0 saturated carbocycles. The number of hydrogen-bond donors (Lipinski definition) is 1. The minimum absolute atomic E-state index is 0.313. The smallest absolute Gasteiger partial charge is 0.475 e. The highest BCUT2D eigenvalue weighted by Gasteiger charge is 2.42. The van der Waals surface area contributed by atoms with Gasteiger partial charge in [-0.3, -0.25) is 4.90 Å². The van der Waals surface area contributed by atoms with Crippen LogP contribution in [0.2, 0.25) is 0 Å². The number of nitrogens with zero attached hydrogens (tertiary/aromatic N) is 3. The van der Waals surface area contributed by atoms with Crippen LogP contribution in [0.3, 0.4) is 0 Å². The highest BCUT2D eigenvalue weighted by atomic mass is 19.4. The van der Waals surface area contributed by atoms with Crippen LogP contribution in [0, 0.1) is 6.92 Å². The first-order valence-corrected chi connectivity index (χ1v) is 8.07. The Kier molecular flexibility index (Phi) is 6.04. The second-order valence-corrected chi connectivity index (χ2v) is 6.47. The van der Waals surface area contributed by atoms with Gasteiger partial charge in [0.05, 0.1) is 12.0 Å².